The van der Waals surface area contributed by atoms with E-state index in [9.17, 15) is 0 Å². The van der Waals surface area contributed by atoms with Gasteiger partial charge >= 0.3 is 0 Å². The van der Waals surface area contributed by atoms with E-state index >= 15 is 0 Å². The van der Waals surface area contributed by atoms with Crippen LogP contribution in [0.4, 0.5) is 0 Å². The Morgan fingerprint density at radius 1 is 1.14 bits per heavy atom. The highest BCUT2D eigenvalue weighted by Crippen LogP contribution is 2.14. The number of furan rings is 1. The zero-order chi connectivity index (χ0) is 15.2. The topological polar surface area (TPSA) is 28.4 Å². The van der Waals surface area contributed by atoms with Gasteiger partial charge in [-0.1, -0.05) is 37.6 Å². The Hall–Kier alpha value is -1.29. The van der Waals surface area contributed by atoms with Gasteiger partial charge in [0.25, 0.3) is 0 Å². The maximum absolute atomic E-state index is 5.90. The molecule has 0 unspecified atom stereocenters. The Morgan fingerprint density at radius 3 is 2.52 bits per heavy atom. The van der Waals surface area contributed by atoms with E-state index < -0.39 is 0 Å². The Morgan fingerprint density at radius 2 is 1.86 bits per heavy atom. The van der Waals surface area contributed by atoms with Crippen molar-refractivity contribution in [2.24, 2.45) is 0 Å². The minimum atomic E-state index is 0.482. The highest BCUT2D eigenvalue weighted by molar-refractivity contribution is 6.30. The highest BCUT2D eigenvalue weighted by atomic mass is 35.5. The molecule has 0 fully saturated rings. The van der Waals surface area contributed by atoms with Crippen molar-refractivity contribution < 1.29 is 4.42 Å². The van der Waals surface area contributed by atoms with Crippen LogP contribution in [0.15, 0.2) is 41.0 Å². The molecule has 0 atom stereocenters. The molecule has 0 aliphatic carbocycles. The minimum absolute atomic E-state index is 0.482. The number of hydrogen-bond donors (Lipinski definition) is 1. The van der Waals surface area contributed by atoms with Gasteiger partial charge in [-0.2, -0.15) is 0 Å². The largest absolute Gasteiger partial charge is 0.468 e. The first-order valence-electron chi connectivity index (χ1n) is 7.25. The molecule has 2 rings (SSSR count). The average Bonchev–Trinajstić information content (AvgIpc) is 2.86. The van der Waals surface area contributed by atoms with E-state index in [-0.39, 0.29) is 0 Å². The van der Waals surface area contributed by atoms with Gasteiger partial charge in [0.1, 0.15) is 5.76 Å². The van der Waals surface area contributed by atoms with Crippen LogP contribution in [0.1, 0.15) is 30.7 Å². The summed E-state index contributed by atoms with van der Waals surface area (Å²) in [5.41, 5.74) is 2.44. The van der Waals surface area contributed by atoms with Crippen molar-refractivity contribution >= 4 is 11.6 Å². The molecule has 0 saturated carbocycles. The summed E-state index contributed by atoms with van der Waals surface area (Å²) in [6.07, 6.45) is 1.83. The third-order valence-corrected chi connectivity index (χ3v) is 3.47. The number of nitrogens with one attached hydrogen (secondary N) is 1. The predicted octanol–water partition coefficient (Wildman–Crippen LogP) is 4.06. The second kappa shape index (κ2) is 7.64. The summed E-state index contributed by atoms with van der Waals surface area (Å²) >= 11 is 5.90. The van der Waals surface area contributed by atoms with Crippen molar-refractivity contribution in [1.82, 2.24) is 10.2 Å². The van der Waals surface area contributed by atoms with Crippen LogP contribution in [-0.4, -0.2) is 18.0 Å². The lowest BCUT2D eigenvalue weighted by Gasteiger charge is -2.15. The lowest BCUT2D eigenvalue weighted by atomic mass is 10.2. The maximum atomic E-state index is 5.90. The summed E-state index contributed by atoms with van der Waals surface area (Å²) in [6, 6.07) is 10.6. The quantitative estimate of drug-likeness (QED) is 0.836. The molecule has 0 amide bonds. The fourth-order valence-corrected chi connectivity index (χ4v) is 2.27. The number of benzene rings is 1. The van der Waals surface area contributed by atoms with Crippen molar-refractivity contribution in [3.05, 3.63) is 58.5 Å². The monoisotopic (exact) mass is 306 g/mol. The van der Waals surface area contributed by atoms with Crippen LogP contribution in [0.25, 0.3) is 0 Å². The van der Waals surface area contributed by atoms with Crippen LogP contribution in [0.5, 0.6) is 0 Å². The predicted molar refractivity (Wildman–Crippen MR) is 87.3 cm³/mol. The van der Waals surface area contributed by atoms with E-state index in [1.807, 2.05) is 18.4 Å². The van der Waals surface area contributed by atoms with Gasteiger partial charge in [-0.3, -0.25) is 4.90 Å². The lowest BCUT2D eigenvalue weighted by Crippen LogP contribution is -2.21. The van der Waals surface area contributed by atoms with Gasteiger partial charge in [-0.05, 0) is 30.8 Å². The summed E-state index contributed by atoms with van der Waals surface area (Å²) in [4.78, 5) is 2.22. The van der Waals surface area contributed by atoms with Crippen LogP contribution in [0.3, 0.4) is 0 Å². The van der Waals surface area contributed by atoms with Gasteiger partial charge in [0.2, 0.25) is 0 Å². The molecule has 0 aliphatic heterocycles. The molecule has 0 spiro atoms. The second-order valence-electron chi connectivity index (χ2n) is 5.76. The molecular weight excluding hydrogens is 284 g/mol. The molecule has 3 nitrogen and oxygen atoms in total. The number of halogens is 1. The van der Waals surface area contributed by atoms with Gasteiger partial charge < -0.3 is 9.73 Å². The van der Waals surface area contributed by atoms with Gasteiger partial charge in [-0.25, -0.2) is 0 Å². The summed E-state index contributed by atoms with van der Waals surface area (Å²) in [5, 5.41) is 4.16. The summed E-state index contributed by atoms with van der Waals surface area (Å²) in [7, 11) is 2.09. The molecular formula is C17H23ClN2O. The van der Waals surface area contributed by atoms with Crippen molar-refractivity contribution in [3.8, 4) is 0 Å². The Bertz CT molecular complexity index is 548. The van der Waals surface area contributed by atoms with Crippen molar-refractivity contribution in [2.75, 3.05) is 7.05 Å². The van der Waals surface area contributed by atoms with E-state index in [4.69, 9.17) is 16.0 Å². The Labute approximate surface area is 131 Å². The lowest BCUT2D eigenvalue weighted by molar-refractivity contribution is 0.288. The molecule has 1 heterocycles. The molecule has 1 aromatic carbocycles. The standard InChI is InChI=1S/C17H23ClN2O/c1-13(2)19-9-15-8-17(21-12-15)11-20(3)10-14-4-6-16(18)7-5-14/h4-8,12-13,19H,9-11H2,1-3H3. The summed E-state index contributed by atoms with van der Waals surface area (Å²) in [5.74, 6) is 0.993. The van der Waals surface area contributed by atoms with E-state index in [0.717, 1.165) is 30.4 Å². The van der Waals surface area contributed by atoms with Crippen LogP contribution in [0, 0.1) is 0 Å². The molecule has 1 aromatic heterocycles. The fraction of sp³-hybridized carbons (Fsp3) is 0.412. The fourth-order valence-electron chi connectivity index (χ4n) is 2.15. The third kappa shape index (κ3) is 5.54. The van der Waals surface area contributed by atoms with Gasteiger partial charge in [0.05, 0.1) is 12.8 Å². The third-order valence-electron chi connectivity index (χ3n) is 3.21. The molecule has 0 bridgehead atoms. The zero-order valence-corrected chi connectivity index (χ0v) is 13.7. The summed E-state index contributed by atoms with van der Waals surface area (Å²) < 4.78 is 5.62. The first kappa shape index (κ1) is 16.1. The minimum Gasteiger partial charge on any atom is -0.468 e. The van der Waals surface area contributed by atoms with Crippen molar-refractivity contribution in [3.63, 3.8) is 0 Å². The first-order chi connectivity index (χ1) is 10.0. The average molecular weight is 307 g/mol. The van der Waals surface area contributed by atoms with Crippen LogP contribution >= 0.6 is 11.6 Å². The van der Waals surface area contributed by atoms with E-state index in [1.165, 1.54) is 11.1 Å². The molecule has 1 N–H and O–H groups in total. The van der Waals surface area contributed by atoms with Crippen LogP contribution < -0.4 is 5.32 Å². The highest BCUT2D eigenvalue weighted by Gasteiger charge is 2.07. The van der Waals surface area contributed by atoms with E-state index in [0.29, 0.717) is 6.04 Å². The van der Waals surface area contributed by atoms with Crippen LogP contribution in [0.2, 0.25) is 5.02 Å². The van der Waals surface area contributed by atoms with E-state index in [1.54, 1.807) is 0 Å². The SMILES string of the molecule is CC(C)NCc1coc(CN(C)Cc2ccc(Cl)cc2)c1. The zero-order valence-electron chi connectivity index (χ0n) is 12.9. The summed E-state index contributed by atoms with van der Waals surface area (Å²) in [6.45, 7) is 6.80. The van der Waals surface area contributed by atoms with Crippen molar-refractivity contribution in [1.29, 1.82) is 0 Å². The molecule has 21 heavy (non-hydrogen) atoms. The van der Waals surface area contributed by atoms with Gasteiger partial charge in [0.15, 0.2) is 0 Å². The molecule has 114 valence electrons. The van der Waals surface area contributed by atoms with Gasteiger partial charge in [0, 0.05) is 29.7 Å². The molecule has 4 heteroatoms. The molecule has 2 aromatic rings. The Kier molecular flexibility index (Phi) is 5.85. The van der Waals surface area contributed by atoms with Gasteiger partial charge in [-0.15, -0.1) is 0 Å². The van der Waals surface area contributed by atoms with E-state index in [2.05, 4.69) is 49.3 Å². The molecule has 0 aliphatic rings. The van der Waals surface area contributed by atoms with Crippen LogP contribution in [-0.2, 0) is 19.6 Å². The molecule has 0 saturated heterocycles. The second-order valence-corrected chi connectivity index (χ2v) is 6.19. The number of nitrogens with zero attached hydrogens (tertiary/aromatic N) is 1. The normalized spacial score (nSPS) is 11.5. The smallest absolute Gasteiger partial charge is 0.118 e. The molecule has 0 radical (unpaired) electrons. The maximum Gasteiger partial charge on any atom is 0.118 e. The Balaban J connectivity index is 1.84. The number of hydrogen-bond acceptors (Lipinski definition) is 3. The van der Waals surface area contributed by atoms with Crippen molar-refractivity contribution in [2.45, 2.75) is 39.5 Å². The number of rotatable bonds is 7. The first-order valence-corrected chi connectivity index (χ1v) is 7.63.